The van der Waals surface area contributed by atoms with Crippen molar-refractivity contribution in [1.29, 1.82) is 0 Å². The van der Waals surface area contributed by atoms with Crippen LogP contribution in [-0.2, 0) is 9.63 Å². The molecule has 2 aromatic rings. The van der Waals surface area contributed by atoms with E-state index in [4.69, 9.17) is 4.84 Å². The Kier molecular flexibility index (Phi) is 7.49. The maximum atomic E-state index is 14.0. The number of para-hydroxylation sites is 2. The molecular weight excluding hydrogens is 492 g/mol. The Morgan fingerprint density at radius 1 is 0.923 bits per heavy atom. The number of piperidine rings is 2. The SMILES string of the molecule is CC(C)O/N=C(\C(=O)O)c1nc2ccccc2n(C2C[C@H]3CCC[C@@H](C2)N3C2CC3CCCCC(C3)C2)c1=O. The highest BCUT2D eigenvalue weighted by Gasteiger charge is 2.45. The van der Waals surface area contributed by atoms with Gasteiger partial charge in [0.25, 0.3) is 5.56 Å². The number of aliphatic carboxylic acids is 1. The van der Waals surface area contributed by atoms with Gasteiger partial charge in [-0.3, -0.25) is 9.69 Å². The number of hydrogen-bond donors (Lipinski definition) is 1. The molecule has 2 aliphatic heterocycles. The molecule has 8 heteroatoms. The molecule has 8 nitrogen and oxygen atoms in total. The van der Waals surface area contributed by atoms with Gasteiger partial charge in [-0.25, -0.2) is 9.78 Å². The van der Waals surface area contributed by atoms with Crippen molar-refractivity contribution in [2.45, 2.75) is 121 Å². The van der Waals surface area contributed by atoms with Gasteiger partial charge in [-0.2, -0.15) is 0 Å². The summed E-state index contributed by atoms with van der Waals surface area (Å²) in [6.45, 7) is 3.53. The summed E-state index contributed by atoms with van der Waals surface area (Å²) in [7, 11) is 0. The van der Waals surface area contributed by atoms with Gasteiger partial charge >= 0.3 is 5.97 Å². The minimum atomic E-state index is -1.31. The molecule has 6 rings (SSSR count). The van der Waals surface area contributed by atoms with E-state index in [0.717, 1.165) is 30.2 Å². The third-order valence-electron chi connectivity index (χ3n) is 9.72. The van der Waals surface area contributed by atoms with Crippen molar-refractivity contribution in [3.8, 4) is 0 Å². The summed E-state index contributed by atoms with van der Waals surface area (Å²) in [5.74, 6) is 0.448. The van der Waals surface area contributed by atoms with Crippen LogP contribution in [0.5, 0.6) is 0 Å². The fraction of sp³-hybridized carbons (Fsp3) is 0.677. The van der Waals surface area contributed by atoms with E-state index in [2.05, 4.69) is 15.0 Å². The second kappa shape index (κ2) is 11.0. The largest absolute Gasteiger partial charge is 0.476 e. The average Bonchev–Trinajstić information content (AvgIpc) is 3.07. The molecule has 1 aromatic carbocycles. The van der Waals surface area contributed by atoms with E-state index < -0.39 is 11.7 Å². The number of nitrogens with zero attached hydrogens (tertiary/aromatic N) is 4. The van der Waals surface area contributed by atoms with Crippen LogP contribution in [0.25, 0.3) is 11.0 Å². The second-order valence-corrected chi connectivity index (χ2v) is 12.7. The van der Waals surface area contributed by atoms with Gasteiger partial charge in [-0.05, 0) is 82.8 Å². The van der Waals surface area contributed by atoms with E-state index in [-0.39, 0.29) is 23.4 Å². The first-order valence-electron chi connectivity index (χ1n) is 15.1. The molecule has 1 N–H and O–H groups in total. The van der Waals surface area contributed by atoms with Gasteiger partial charge in [0.1, 0.15) is 6.10 Å². The van der Waals surface area contributed by atoms with Gasteiger partial charge in [0.2, 0.25) is 5.71 Å². The van der Waals surface area contributed by atoms with Crippen LogP contribution < -0.4 is 5.56 Å². The lowest BCUT2D eigenvalue weighted by molar-refractivity contribution is -0.129. The van der Waals surface area contributed by atoms with E-state index >= 15 is 0 Å². The number of carbonyl (C=O) groups is 1. The topological polar surface area (TPSA) is 97.0 Å². The molecule has 2 aliphatic carbocycles. The fourth-order valence-corrected chi connectivity index (χ4v) is 8.32. The standard InChI is InChI=1S/C31H42N4O4/c1-19(2)39-33-29(31(37)38)28-30(36)35(27-13-6-5-12-26(27)32-28)25-17-22-10-7-11-23(18-25)34(22)24-15-20-8-3-4-9-21(14-20)16-24/h5-6,12-13,19-25H,3-4,7-11,14-18H2,1-2H3,(H,37,38)/b33-29-/t20?,21?,22-,23+,24?,25?. The van der Waals surface area contributed by atoms with Gasteiger partial charge in [0, 0.05) is 24.2 Å². The summed E-state index contributed by atoms with van der Waals surface area (Å²) in [5, 5.41) is 13.8. The van der Waals surface area contributed by atoms with E-state index in [9.17, 15) is 14.7 Å². The number of rotatable bonds is 6. The normalized spacial score (nSPS) is 31.7. The van der Waals surface area contributed by atoms with Crippen molar-refractivity contribution in [3.63, 3.8) is 0 Å². The van der Waals surface area contributed by atoms with Crippen molar-refractivity contribution < 1.29 is 14.7 Å². The minimum Gasteiger partial charge on any atom is -0.476 e. The Hall–Kier alpha value is -2.74. The number of aromatic nitrogens is 2. The number of carboxylic acids is 1. The minimum absolute atomic E-state index is 0.00244. The van der Waals surface area contributed by atoms with E-state index in [1.54, 1.807) is 13.8 Å². The Morgan fingerprint density at radius 3 is 2.23 bits per heavy atom. The van der Waals surface area contributed by atoms with Crippen molar-refractivity contribution in [1.82, 2.24) is 14.5 Å². The molecule has 4 bridgehead atoms. The zero-order valence-electron chi connectivity index (χ0n) is 23.3. The Labute approximate surface area is 230 Å². The molecule has 0 radical (unpaired) electrons. The van der Waals surface area contributed by atoms with Gasteiger partial charge in [-0.1, -0.05) is 49.4 Å². The van der Waals surface area contributed by atoms with Gasteiger partial charge < -0.3 is 14.5 Å². The Bertz CT molecular complexity index is 1280. The molecule has 4 fully saturated rings. The first-order chi connectivity index (χ1) is 18.9. The van der Waals surface area contributed by atoms with Gasteiger partial charge in [0.15, 0.2) is 5.69 Å². The second-order valence-electron chi connectivity index (χ2n) is 12.7. The number of benzene rings is 1. The summed E-state index contributed by atoms with van der Waals surface area (Å²) >= 11 is 0. The van der Waals surface area contributed by atoms with Crippen LogP contribution >= 0.6 is 0 Å². The number of hydrogen-bond acceptors (Lipinski definition) is 6. The maximum Gasteiger partial charge on any atom is 0.360 e. The van der Waals surface area contributed by atoms with Crippen molar-refractivity contribution in [2.75, 3.05) is 0 Å². The van der Waals surface area contributed by atoms with E-state index in [1.807, 2.05) is 28.8 Å². The van der Waals surface area contributed by atoms with Crippen molar-refractivity contribution >= 4 is 22.7 Å². The molecule has 2 saturated heterocycles. The Morgan fingerprint density at radius 2 is 1.59 bits per heavy atom. The number of fused-ring (bicyclic) bond motifs is 5. The highest BCUT2D eigenvalue weighted by Crippen LogP contribution is 2.47. The molecule has 5 atom stereocenters. The molecule has 210 valence electrons. The summed E-state index contributed by atoms with van der Waals surface area (Å²) in [6, 6.07) is 9.18. The van der Waals surface area contributed by atoms with E-state index in [0.29, 0.717) is 23.6 Å². The van der Waals surface area contributed by atoms with Crippen LogP contribution in [-0.4, -0.2) is 55.5 Å². The molecule has 0 spiro atoms. The van der Waals surface area contributed by atoms with Crippen LogP contribution in [0, 0.1) is 11.8 Å². The average molecular weight is 535 g/mol. The van der Waals surface area contributed by atoms with Crippen LogP contribution in [0.15, 0.2) is 34.2 Å². The van der Waals surface area contributed by atoms with Gasteiger partial charge in [-0.15, -0.1) is 0 Å². The van der Waals surface area contributed by atoms with Crippen LogP contribution in [0.4, 0.5) is 0 Å². The smallest absolute Gasteiger partial charge is 0.360 e. The van der Waals surface area contributed by atoms with Crippen LogP contribution in [0.2, 0.25) is 0 Å². The van der Waals surface area contributed by atoms with Crippen molar-refractivity contribution in [3.05, 3.63) is 40.3 Å². The summed E-state index contributed by atoms with van der Waals surface area (Å²) in [6.07, 6.45) is 14.8. The van der Waals surface area contributed by atoms with Gasteiger partial charge in [0.05, 0.1) is 11.0 Å². The number of carboxylic acid groups (broad SMARTS) is 1. The highest BCUT2D eigenvalue weighted by molar-refractivity contribution is 6.41. The zero-order valence-corrected chi connectivity index (χ0v) is 23.3. The third-order valence-corrected chi connectivity index (χ3v) is 9.72. The predicted molar refractivity (Wildman–Crippen MR) is 151 cm³/mol. The zero-order chi connectivity index (χ0) is 27.1. The lowest BCUT2D eigenvalue weighted by Gasteiger charge is -2.54. The molecule has 3 heterocycles. The molecule has 2 saturated carbocycles. The lowest BCUT2D eigenvalue weighted by Crippen LogP contribution is -2.58. The first kappa shape index (κ1) is 26.5. The predicted octanol–water partition coefficient (Wildman–Crippen LogP) is 5.53. The molecular formula is C31H42N4O4. The first-order valence-corrected chi connectivity index (χ1v) is 15.1. The molecule has 3 unspecified atom stereocenters. The molecule has 39 heavy (non-hydrogen) atoms. The summed E-state index contributed by atoms with van der Waals surface area (Å²) in [5.41, 5.74) is 0.402. The third kappa shape index (κ3) is 5.24. The van der Waals surface area contributed by atoms with Crippen LogP contribution in [0.1, 0.15) is 103 Å². The molecule has 4 aliphatic rings. The Balaban J connectivity index is 1.36. The molecule has 1 aromatic heterocycles. The monoisotopic (exact) mass is 534 g/mol. The fourth-order valence-electron chi connectivity index (χ4n) is 8.32. The summed E-state index contributed by atoms with van der Waals surface area (Å²) in [4.78, 5) is 38.9. The molecule has 0 amide bonds. The maximum absolute atomic E-state index is 14.0. The summed E-state index contributed by atoms with van der Waals surface area (Å²) < 4.78 is 1.84. The van der Waals surface area contributed by atoms with Crippen molar-refractivity contribution in [2.24, 2.45) is 17.0 Å². The van der Waals surface area contributed by atoms with Crippen LogP contribution in [0.3, 0.4) is 0 Å². The quantitative estimate of drug-likeness (QED) is 0.387. The highest BCUT2D eigenvalue weighted by atomic mass is 16.6. The lowest BCUT2D eigenvalue weighted by atomic mass is 9.73. The number of oxime groups is 1. The van der Waals surface area contributed by atoms with E-state index in [1.165, 1.54) is 64.2 Å².